The minimum absolute atomic E-state index is 0.0182. The van der Waals surface area contributed by atoms with Crippen LogP contribution in [0.25, 0.3) is 0 Å². The summed E-state index contributed by atoms with van der Waals surface area (Å²) in [6.45, 7) is 5.86. The van der Waals surface area contributed by atoms with E-state index in [1.54, 1.807) is 30.2 Å². The zero-order valence-electron chi connectivity index (χ0n) is 15.8. The molecule has 1 aliphatic rings. The summed E-state index contributed by atoms with van der Waals surface area (Å²) < 4.78 is 35.1. The van der Waals surface area contributed by atoms with Crippen LogP contribution in [0.2, 0.25) is 0 Å². The van der Waals surface area contributed by atoms with Crippen molar-refractivity contribution in [3.05, 3.63) is 53.5 Å². The first-order chi connectivity index (χ1) is 12.8. The number of ether oxygens (including phenoxy) is 1. The molecule has 0 bridgehead atoms. The van der Waals surface area contributed by atoms with Gasteiger partial charge in [-0.25, -0.2) is 8.42 Å². The van der Waals surface area contributed by atoms with E-state index >= 15 is 0 Å². The first-order valence-electron chi connectivity index (χ1n) is 9.03. The Labute approximate surface area is 160 Å². The lowest BCUT2D eigenvalue weighted by Gasteiger charge is -2.30. The summed E-state index contributed by atoms with van der Waals surface area (Å²) in [7, 11) is -3.12. The van der Waals surface area contributed by atoms with Gasteiger partial charge in [0.2, 0.25) is 0 Å². The van der Waals surface area contributed by atoms with E-state index in [4.69, 9.17) is 9.15 Å². The van der Waals surface area contributed by atoms with Gasteiger partial charge in [-0.3, -0.25) is 4.79 Å². The predicted octanol–water partition coefficient (Wildman–Crippen LogP) is 2.88. The van der Waals surface area contributed by atoms with Crippen LogP contribution in [-0.4, -0.2) is 42.9 Å². The molecule has 2 heterocycles. The van der Waals surface area contributed by atoms with E-state index in [9.17, 15) is 13.2 Å². The summed E-state index contributed by atoms with van der Waals surface area (Å²) in [5.74, 6) is 1.12. The van der Waals surface area contributed by atoms with Crippen molar-refractivity contribution in [2.24, 2.45) is 0 Å². The lowest BCUT2D eigenvalue weighted by atomic mass is 10.1. The van der Waals surface area contributed by atoms with Crippen molar-refractivity contribution in [3.63, 3.8) is 0 Å². The van der Waals surface area contributed by atoms with E-state index in [0.717, 1.165) is 11.1 Å². The summed E-state index contributed by atoms with van der Waals surface area (Å²) in [5, 5.41) is 0. The van der Waals surface area contributed by atoms with Crippen LogP contribution >= 0.6 is 0 Å². The molecule has 0 spiro atoms. The molecule has 3 rings (SSSR count). The molecule has 1 amide bonds. The van der Waals surface area contributed by atoms with Crippen LogP contribution in [0, 0.1) is 13.8 Å². The third-order valence-electron chi connectivity index (χ3n) is 5.04. The standard InChI is InChI=1S/C20H25NO5S/c1-14-6-4-8-19(15(14)2)26-16(3)20(22)21(12-18-7-5-10-25-18)17-9-11-27(23,24)13-17/h4-8,10,16-17H,9,11-13H2,1-3H3/t16-,17+/m0/s1. The highest BCUT2D eigenvalue weighted by molar-refractivity contribution is 7.91. The van der Waals surface area contributed by atoms with Gasteiger partial charge in [0.1, 0.15) is 11.5 Å². The highest BCUT2D eigenvalue weighted by Crippen LogP contribution is 2.25. The van der Waals surface area contributed by atoms with E-state index in [1.165, 1.54) is 0 Å². The fourth-order valence-corrected chi connectivity index (χ4v) is 5.04. The average molecular weight is 391 g/mol. The van der Waals surface area contributed by atoms with Gasteiger partial charge in [0.15, 0.2) is 15.9 Å². The van der Waals surface area contributed by atoms with Crippen molar-refractivity contribution in [2.75, 3.05) is 11.5 Å². The van der Waals surface area contributed by atoms with Crippen LogP contribution in [0.5, 0.6) is 5.75 Å². The van der Waals surface area contributed by atoms with Crippen LogP contribution < -0.4 is 4.74 Å². The lowest BCUT2D eigenvalue weighted by molar-refractivity contribution is -0.141. The summed E-state index contributed by atoms with van der Waals surface area (Å²) >= 11 is 0. The molecule has 6 nitrogen and oxygen atoms in total. The number of carbonyl (C=O) groups excluding carboxylic acids is 1. The van der Waals surface area contributed by atoms with Crippen LogP contribution in [0.4, 0.5) is 0 Å². The Morgan fingerprint density at radius 2 is 2.07 bits per heavy atom. The van der Waals surface area contributed by atoms with Gasteiger partial charge in [0.05, 0.1) is 24.3 Å². The van der Waals surface area contributed by atoms with Gasteiger partial charge in [-0.2, -0.15) is 0 Å². The number of nitrogens with zero attached hydrogens (tertiary/aromatic N) is 1. The Balaban J connectivity index is 1.80. The molecule has 0 N–H and O–H groups in total. The van der Waals surface area contributed by atoms with Crippen molar-refractivity contribution in [2.45, 2.75) is 45.9 Å². The Morgan fingerprint density at radius 3 is 2.70 bits per heavy atom. The normalized spacial score (nSPS) is 19.6. The summed E-state index contributed by atoms with van der Waals surface area (Å²) in [5.41, 5.74) is 2.07. The number of hydrogen-bond donors (Lipinski definition) is 0. The second-order valence-corrected chi connectivity index (χ2v) is 9.29. The van der Waals surface area contributed by atoms with Gasteiger partial charge in [0, 0.05) is 6.04 Å². The van der Waals surface area contributed by atoms with Gasteiger partial charge in [-0.15, -0.1) is 0 Å². The largest absolute Gasteiger partial charge is 0.481 e. The van der Waals surface area contributed by atoms with Gasteiger partial charge in [0.25, 0.3) is 5.91 Å². The van der Waals surface area contributed by atoms with Crippen molar-refractivity contribution >= 4 is 15.7 Å². The lowest BCUT2D eigenvalue weighted by Crippen LogP contribution is -2.46. The van der Waals surface area contributed by atoms with Crippen molar-refractivity contribution in [1.29, 1.82) is 0 Å². The maximum absolute atomic E-state index is 13.1. The molecule has 27 heavy (non-hydrogen) atoms. The highest BCUT2D eigenvalue weighted by atomic mass is 32.2. The third-order valence-corrected chi connectivity index (χ3v) is 6.80. The van der Waals surface area contributed by atoms with Gasteiger partial charge in [-0.05, 0) is 56.5 Å². The Bertz CT molecular complexity index is 904. The number of sulfone groups is 1. The summed E-state index contributed by atoms with van der Waals surface area (Å²) in [6, 6.07) is 8.88. The SMILES string of the molecule is Cc1cccc(O[C@@H](C)C(=O)N(Cc2ccco2)[C@@H]2CCS(=O)(=O)C2)c1C. The van der Waals surface area contributed by atoms with E-state index in [2.05, 4.69) is 0 Å². The molecule has 0 aliphatic carbocycles. The maximum Gasteiger partial charge on any atom is 0.264 e. The molecular weight excluding hydrogens is 366 g/mol. The Kier molecular flexibility index (Phi) is 5.60. The molecule has 1 aromatic carbocycles. The highest BCUT2D eigenvalue weighted by Gasteiger charge is 2.37. The fourth-order valence-electron chi connectivity index (χ4n) is 3.30. The van der Waals surface area contributed by atoms with Gasteiger partial charge in [-0.1, -0.05) is 12.1 Å². The van der Waals surface area contributed by atoms with Crippen molar-refractivity contribution < 1.29 is 22.4 Å². The molecule has 7 heteroatoms. The molecule has 1 aromatic heterocycles. The van der Waals surface area contributed by atoms with E-state index < -0.39 is 15.9 Å². The maximum atomic E-state index is 13.1. The number of aryl methyl sites for hydroxylation is 1. The van der Waals surface area contributed by atoms with Crippen LogP contribution in [0.3, 0.4) is 0 Å². The van der Waals surface area contributed by atoms with E-state index in [1.807, 2.05) is 32.0 Å². The average Bonchev–Trinajstić information content (AvgIpc) is 3.25. The number of rotatable bonds is 6. The molecule has 1 saturated heterocycles. The molecule has 0 saturated carbocycles. The fraction of sp³-hybridized carbons (Fsp3) is 0.450. The van der Waals surface area contributed by atoms with Gasteiger partial charge < -0.3 is 14.1 Å². The first-order valence-corrected chi connectivity index (χ1v) is 10.8. The molecule has 146 valence electrons. The topological polar surface area (TPSA) is 76.8 Å². The first kappa shape index (κ1) is 19.5. The number of benzene rings is 1. The molecule has 0 unspecified atom stereocenters. The zero-order chi connectivity index (χ0) is 19.6. The molecule has 0 radical (unpaired) electrons. The van der Waals surface area contributed by atoms with Crippen LogP contribution in [0.15, 0.2) is 41.0 Å². The Morgan fingerprint density at radius 1 is 1.30 bits per heavy atom. The number of amides is 1. The summed E-state index contributed by atoms with van der Waals surface area (Å²) in [4.78, 5) is 14.7. The quantitative estimate of drug-likeness (QED) is 0.757. The van der Waals surface area contributed by atoms with Crippen molar-refractivity contribution in [3.8, 4) is 5.75 Å². The predicted molar refractivity (Wildman–Crippen MR) is 102 cm³/mol. The van der Waals surface area contributed by atoms with Crippen LogP contribution in [-0.2, 0) is 21.2 Å². The minimum Gasteiger partial charge on any atom is -0.481 e. The van der Waals surface area contributed by atoms with Crippen LogP contribution in [0.1, 0.15) is 30.2 Å². The second kappa shape index (κ2) is 7.76. The zero-order valence-corrected chi connectivity index (χ0v) is 16.7. The minimum atomic E-state index is -3.12. The number of furan rings is 1. The molecule has 1 aliphatic heterocycles. The second-order valence-electron chi connectivity index (χ2n) is 7.06. The summed E-state index contributed by atoms with van der Waals surface area (Å²) in [6.07, 6.45) is 1.24. The number of hydrogen-bond acceptors (Lipinski definition) is 5. The molecular formula is C20H25NO5S. The van der Waals surface area contributed by atoms with Gasteiger partial charge >= 0.3 is 0 Å². The molecule has 1 fully saturated rings. The molecule has 2 aromatic rings. The third kappa shape index (κ3) is 4.53. The number of carbonyl (C=O) groups is 1. The smallest absolute Gasteiger partial charge is 0.264 e. The van der Waals surface area contributed by atoms with E-state index in [-0.39, 0.29) is 30.0 Å². The molecule has 2 atom stereocenters. The van der Waals surface area contributed by atoms with Crippen molar-refractivity contribution in [1.82, 2.24) is 4.90 Å². The Hall–Kier alpha value is -2.28. The van der Waals surface area contributed by atoms with E-state index in [0.29, 0.717) is 17.9 Å². The monoisotopic (exact) mass is 391 g/mol.